The lowest BCUT2D eigenvalue weighted by Crippen LogP contribution is -2.57. The van der Waals surface area contributed by atoms with Gasteiger partial charge in [-0.1, -0.05) is 13.8 Å². The molecule has 2 atom stereocenters. The summed E-state index contributed by atoms with van der Waals surface area (Å²) in [5.41, 5.74) is 1.33. The number of morpholine rings is 1. The van der Waals surface area contributed by atoms with Gasteiger partial charge in [0.1, 0.15) is 5.69 Å². The van der Waals surface area contributed by atoms with E-state index in [2.05, 4.69) is 24.0 Å². The molecule has 1 aromatic heterocycles. The molecule has 0 radical (unpaired) electrons. The van der Waals surface area contributed by atoms with Gasteiger partial charge in [-0.15, -0.1) is 0 Å². The van der Waals surface area contributed by atoms with Crippen molar-refractivity contribution in [3.05, 3.63) is 17.5 Å². The smallest absolute Gasteiger partial charge is 0.282 e. The molecule has 0 saturated carbocycles. The van der Waals surface area contributed by atoms with Gasteiger partial charge in [0.15, 0.2) is 0 Å². The Balaban J connectivity index is 1.59. The van der Waals surface area contributed by atoms with E-state index in [-0.39, 0.29) is 31.2 Å². The van der Waals surface area contributed by atoms with E-state index in [1.54, 1.807) is 11.0 Å². The molecule has 1 amide bonds. The number of H-pyrrole nitrogens is 1. The van der Waals surface area contributed by atoms with Gasteiger partial charge in [0.05, 0.1) is 12.2 Å². The maximum atomic E-state index is 13.0. The number of nitrogens with one attached hydrogen (secondary N) is 1. The SMILES string of the molecule is CC(C)Cc1cc(C(=O)N2CCN(S(=O)(=O)N3CC(C)OC(C)C3)CC2)n[nH]1. The quantitative estimate of drug-likeness (QED) is 0.767. The lowest BCUT2D eigenvalue weighted by atomic mass is 10.1. The second-order valence-corrected chi connectivity index (χ2v) is 10.1. The van der Waals surface area contributed by atoms with Crippen LogP contribution in [0.15, 0.2) is 6.07 Å². The van der Waals surface area contributed by atoms with Crippen molar-refractivity contribution in [3.63, 3.8) is 0 Å². The van der Waals surface area contributed by atoms with E-state index in [0.29, 0.717) is 37.8 Å². The molecule has 10 heteroatoms. The van der Waals surface area contributed by atoms with Gasteiger partial charge in [-0.3, -0.25) is 9.89 Å². The normalized spacial score (nSPS) is 25.4. The van der Waals surface area contributed by atoms with Crippen LogP contribution in [0.4, 0.5) is 0 Å². The highest BCUT2D eigenvalue weighted by Crippen LogP contribution is 2.19. The Labute approximate surface area is 167 Å². The molecule has 3 heterocycles. The predicted molar refractivity (Wildman–Crippen MR) is 105 cm³/mol. The van der Waals surface area contributed by atoms with Crippen molar-refractivity contribution < 1.29 is 17.9 Å². The van der Waals surface area contributed by atoms with E-state index in [0.717, 1.165) is 12.1 Å². The maximum absolute atomic E-state index is 13.0. The monoisotopic (exact) mass is 413 g/mol. The van der Waals surface area contributed by atoms with Crippen molar-refractivity contribution in [2.45, 2.75) is 46.3 Å². The second-order valence-electron chi connectivity index (χ2n) is 8.15. The van der Waals surface area contributed by atoms with Crippen LogP contribution in [-0.2, 0) is 21.4 Å². The number of rotatable bonds is 5. The number of carbonyl (C=O) groups excluding carboxylic acids is 1. The van der Waals surface area contributed by atoms with Crippen molar-refractivity contribution in [2.24, 2.45) is 5.92 Å². The van der Waals surface area contributed by atoms with Crippen LogP contribution in [0.25, 0.3) is 0 Å². The van der Waals surface area contributed by atoms with Crippen LogP contribution in [-0.4, -0.2) is 89.5 Å². The number of carbonyl (C=O) groups is 1. The van der Waals surface area contributed by atoms with Crippen LogP contribution >= 0.6 is 0 Å². The fourth-order valence-electron chi connectivity index (χ4n) is 3.78. The van der Waals surface area contributed by atoms with Gasteiger partial charge >= 0.3 is 0 Å². The number of hydrogen-bond acceptors (Lipinski definition) is 5. The minimum absolute atomic E-state index is 0.124. The summed E-state index contributed by atoms with van der Waals surface area (Å²) in [5, 5.41) is 7.05. The number of piperazine rings is 1. The number of aromatic nitrogens is 2. The van der Waals surface area contributed by atoms with Gasteiger partial charge in [0, 0.05) is 45.0 Å². The Bertz CT molecular complexity index is 776. The summed E-state index contributed by atoms with van der Waals surface area (Å²) < 4.78 is 34.5. The number of hydrogen-bond donors (Lipinski definition) is 1. The number of aromatic amines is 1. The highest BCUT2D eigenvalue weighted by molar-refractivity contribution is 7.86. The highest BCUT2D eigenvalue weighted by Gasteiger charge is 2.37. The largest absolute Gasteiger partial charge is 0.373 e. The molecule has 1 N–H and O–H groups in total. The minimum Gasteiger partial charge on any atom is -0.373 e. The number of ether oxygens (including phenoxy) is 1. The van der Waals surface area contributed by atoms with Crippen LogP contribution in [0.1, 0.15) is 43.9 Å². The van der Waals surface area contributed by atoms with Gasteiger partial charge in [0.25, 0.3) is 16.1 Å². The zero-order chi connectivity index (χ0) is 20.5. The van der Waals surface area contributed by atoms with E-state index in [9.17, 15) is 13.2 Å². The molecule has 3 rings (SSSR count). The molecular weight excluding hydrogens is 382 g/mol. The van der Waals surface area contributed by atoms with Crippen molar-refractivity contribution in [3.8, 4) is 0 Å². The molecule has 158 valence electrons. The Morgan fingerprint density at radius 1 is 1.18 bits per heavy atom. The lowest BCUT2D eigenvalue weighted by Gasteiger charge is -2.40. The van der Waals surface area contributed by atoms with Gasteiger partial charge in [-0.05, 0) is 32.3 Å². The Hall–Kier alpha value is -1.49. The highest BCUT2D eigenvalue weighted by atomic mass is 32.2. The summed E-state index contributed by atoms with van der Waals surface area (Å²) in [6.07, 6.45) is 0.588. The summed E-state index contributed by atoms with van der Waals surface area (Å²) in [6.45, 7) is 10.00. The van der Waals surface area contributed by atoms with Crippen LogP contribution in [0, 0.1) is 5.92 Å². The Morgan fingerprint density at radius 2 is 1.79 bits per heavy atom. The first-order valence-electron chi connectivity index (χ1n) is 9.91. The molecule has 2 saturated heterocycles. The van der Waals surface area contributed by atoms with E-state index in [1.807, 2.05) is 13.8 Å². The first kappa shape index (κ1) is 21.2. The van der Waals surface area contributed by atoms with E-state index in [1.165, 1.54) is 8.61 Å². The molecule has 0 bridgehead atoms. The molecule has 2 aliphatic heterocycles. The Morgan fingerprint density at radius 3 is 2.36 bits per heavy atom. The molecule has 9 nitrogen and oxygen atoms in total. The second kappa shape index (κ2) is 8.48. The summed E-state index contributed by atoms with van der Waals surface area (Å²) in [7, 11) is -3.55. The van der Waals surface area contributed by atoms with Crippen molar-refractivity contribution >= 4 is 16.1 Å². The van der Waals surface area contributed by atoms with E-state index >= 15 is 0 Å². The van der Waals surface area contributed by atoms with Crippen LogP contribution in [0.2, 0.25) is 0 Å². The van der Waals surface area contributed by atoms with Crippen molar-refractivity contribution in [1.29, 1.82) is 0 Å². The number of nitrogens with zero attached hydrogens (tertiary/aromatic N) is 4. The molecule has 0 aliphatic carbocycles. The molecule has 1 aromatic rings. The molecule has 28 heavy (non-hydrogen) atoms. The standard InChI is InChI=1S/C18H31N5O4S/c1-13(2)9-16-10-17(20-19-16)18(24)21-5-7-22(8-6-21)28(25,26)23-11-14(3)27-15(4)12-23/h10,13-15H,5-9,11-12H2,1-4H3,(H,19,20). The fraction of sp³-hybridized carbons (Fsp3) is 0.778. The zero-order valence-electron chi connectivity index (χ0n) is 17.1. The number of amides is 1. The average molecular weight is 414 g/mol. The third-order valence-corrected chi connectivity index (χ3v) is 7.01. The predicted octanol–water partition coefficient (Wildman–Crippen LogP) is 0.720. The van der Waals surface area contributed by atoms with Crippen molar-refractivity contribution in [1.82, 2.24) is 23.7 Å². The first-order valence-corrected chi connectivity index (χ1v) is 11.3. The zero-order valence-corrected chi connectivity index (χ0v) is 17.9. The topological polar surface area (TPSA) is 98.8 Å². The van der Waals surface area contributed by atoms with Gasteiger partial charge in [-0.2, -0.15) is 22.1 Å². The first-order chi connectivity index (χ1) is 13.2. The van der Waals surface area contributed by atoms with Gasteiger partial charge in [0.2, 0.25) is 0 Å². The van der Waals surface area contributed by atoms with Crippen LogP contribution in [0.3, 0.4) is 0 Å². The van der Waals surface area contributed by atoms with Crippen molar-refractivity contribution in [2.75, 3.05) is 39.3 Å². The minimum atomic E-state index is -3.55. The van der Waals surface area contributed by atoms with E-state index in [4.69, 9.17) is 4.74 Å². The summed E-state index contributed by atoms with van der Waals surface area (Å²) >= 11 is 0. The summed E-state index contributed by atoms with van der Waals surface area (Å²) in [6, 6.07) is 1.79. The molecule has 2 unspecified atom stereocenters. The molecule has 0 spiro atoms. The molecule has 2 aliphatic rings. The van der Waals surface area contributed by atoms with Gasteiger partial charge < -0.3 is 9.64 Å². The summed E-state index contributed by atoms with van der Waals surface area (Å²) in [4.78, 5) is 14.4. The fourth-order valence-corrected chi connectivity index (χ4v) is 5.53. The molecule has 2 fully saturated rings. The van der Waals surface area contributed by atoms with Gasteiger partial charge in [-0.25, -0.2) is 0 Å². The third kappa shape index (κ3) is 4.73. The van der Waals surface area contributed by atoms with E-state index < -0.39 is 10.2 Å². The molecule has 0 aromatic carbocycles. The third-order valence-electron chi connectivity index (χ3n) is 5.04. The van der Waals surface area contributed by atoms with Crippen LogP contribution < -0.4 is 0 Å². The summed E-state index contributed by atoms with van der Waals surface area (Å²) in [5.74, 6) is 0.319. The maximum Gasteiger partial charge on any atom is 0.282 e. The average Bonchev–Trinajstić information content (AvgIpc) is 3.08. The lowest BCUT2D eigenvalue weighted by molar-refractivity contribution is -0.0457. The Kier molecular flexibility index (Phi) is 6.43. The van der Waals surface area contributed by atoms with Crippen LogP contribution in [0.5, 0.6) is 0 Å². The molecular formula is C18H31N5O4S.